The summed E-state index contributed by atoms with van der Waals surface area (Å²) in [5, 5.41) is 11.1. The van der Waals surface area contributed by atoms with Crippen molar-refractivity contribution in [3.63, 3.8) is 0 Å². The summed E-state index contributed by atoms with van der Waals surface area (Å²) in [7, 11) is 0. The molecule has 0 radical (unpaired) electrons. The van der Waals surface area contributed by atoms with Crippen LogP contribution >= 0.6 is 23.2 Å². The molecule has 2 rings (SSSR count). The normalized spacial score (nSPS) is 18.3. The van der Waals surface area contributed by atoms with Crippen molar-refractivity contribution < 1.29 is 9.84 Å². The largest absolute Gasteiger partial charge is 0.489 e. The van der Waals surface area contributed by atoms with Crippen molar-refractivity contribution in [2.75, 3.05) is 26.2 Å². The second-order valence-corrected chi connectivity index (χ2v) is 5.74. The highest BCUT2D eigenvalue weighted by Crippen LogP contribution is 2.27. The lowest BCUT2D eigenvalue weighted by Gasteiger charge is -2.28. The maximum absolute atomic E-state index is 9.98. The summed E-state index contributed by atoms with van der Waals surface area (Å²) in [6, 6.07) is 5.06. The van der Waals surface area contributed by atoms with Crippen LogP contribution in [0, 0.1) is 0 Å². The molecule has 1 fully saturated rings. The first kappa shape index (κ1) is 14.9. The third kappa shape index (κ3) is 4.84. The quantitative estimate of drug-likeness (QED) is 0.906. The highest BCUT2D eigenvalue weighted by Gasteiger charge is 2.15. The van der Waals surface area contributed by atoms with Gasteiger partial charge in [0.2, 0.25) is 0 Å². The highest BCUT2D eigenvalue weighted by atomic mass is 35.5. The predicted molar refractivity (Wildman–Crippen MR) is 78.3 cm³/mol. The lowest BCUT2D eigenvalue weighted by molar-refractivity contribution is 0.0617. The minimum atomic E-state index is -0.506. The molecule has 19 heavy (non-hydrogen) atoms. The number of hydrogen-bond acceptors (Lipinski definition) is 3. The fourth-order valence-corrected chi connectivity index (χ4v) is 2.60. The summed E-state index contributed by atoms with van der Waals surface area (Å²) in [5.41, 5.74) is 0. The van der Waals surface area contributed by atoms with Gasteiger partial charge in [-0.15, -0.1) is 0 Å². The molecular weight excluding hydrogens is 285 g/mol. The van der Waals surface area contributed by atoms with E-state index in [2.05, 4.69) is 4.90 Å². The topological polar surface area (TPSA) is 32.7 Å². The molecular formula is C14H19Cl2NO2. The van der Waals surface area contributed by atoms with Crippen molar-refractivity contribution in [1.29, 1.82) is 0 Å². The third-order valence-corrected chi connectivity index (χ3v) is 3.79. The van der Waals surface area contributed by atoms with Crippen LogP contribution in [0.5, 0.6) is 5.75 Å². The molecule has 5 heteroatoms. The van der Waals surface area contributed by atoms with Crippen molar-refractivity contribution in [2.45, 2.75) is 25.4 Å². The molecule has 0 spiro atoms. The molecule has 1 aliphatic rings. The number of halogens is 2. The van der Waals surface area contributed by atoms with Crippen LogP contribution < -0.4 is 4.74 Å². The van der Waals surface area contributed by atoms with Gasteiger partial charge in [0.05, 0.1) is 5.02 Å². The smallest absolute Gasteiger partial charge is 0.139 e. The summed E-state index contributed by atoms with van der Waals surface area (Å²) in [4.78, 5) is 2.27. The monoisotopic (exact) mass is 303 g/mol. The Labute approximate surface area is 124 Å². The lowest BCUT2D eigenvalue weighted by atomic mass is 10.1. The van der Waals surface area contributed by atoms with Crippen molar-refractivity contribution in [1.82, 2.24) is 4.90 Å². The lowest BCUT2D eigenvalue weighted by Crippen LogP contribution is -2.38. The van der Waals surface area contributed by atoms with Crippen molar-refractivity contribution in [3.05, 3.63) is 28.2 Å². The number of nitrogens with zero attached hydrogens (tertiary/aromatic N) is 1. The van der Waals surface area contributed by atoms with E-state index < -0.39 is 6.10 Å². The zero-order valence-corrected chi connectivity index (χ0v) is 12.3. The first-order valence-corrected chi connectivity index (χ1v) is 7.39. The zero-order valence-electron chi connectivity index (χ0n) is 10.8. The summed E-state index contributed by atoms with van der Waals surface area (Å²) in [6.45, 7) is 3.01. The highest BCUT2D eigenvalue weighted by molar-refractivity contribution is 6.34. The maximum atomic E-state index is 9.98. The molecule has 3 nitrogen and oxygen atoms in total. The summed E-state index contributed by atoms with van der Waals surface area (Å²) in [5.74, 6) is 0.520. The van der Waals surface area contributed by atoms with E-state index in [1.807, 2.05) is 0 Å². The minimum Gasteiger partial charge on any atom is -0.489 e. The maximum Gasteiger partial charge on any atom is 0.139 e. The molecule has 1 aromatic rings. The molecule has 106 valence electrons. The van der Waals surface area contributed by atoms with Gasteiger partial charge < -0.3 is 14.7 Å². The molecule has 1 aromatic carbocycles. The number of hydrogen-bond donors (Lipinski definition) is 1. The molecule has 1 atom stereocenters. The zero-order chi connectivity index (χ0) is 13.7. The fourth-order valence-electron chi connectivity index (χ4n) is 2.27. The third-order valence-electron chi connectivity index (χ3n) is 3.24. The summed E-state index contributed by atoms with van der Waals surface area (Å²) < 4.78 is 5.53. The number of ether oxygens (including phenoxy) is 1. The molecule has 1 heterocycles. The van der Waals surface area contributed by atoms with Crippen molar-refractivity contribution >= 4 is 23.2 Å². The van der Waals surface area contributed by atoms with E-state index in [4.69, 9.17) is 27.9 Å². The number of aliphatic hydroxyl groups excluding tert-OH is 1. The number of aliphatic hydroxyl groups is 1. The second kappa shape index (κ2) is 7.34. The molecule has 0 saturated carbocycles. The number of piperidine rings is 1. The van der Waals surface area contributed by atoms with Gasteiger partial charge in [0.15, 0.2) is 0 Å². The number of β-amino-alcohol motifs (C(OH)–C–C–N with tert-alkyl or cyclic N) is 1. The first-order chi connectivity index (χ1) is 9.15. The number of rotatable bonds is 5. The Morgan fingerprint density at radius 3 is 2.68 bits per heavy atom. The molecule has 0 aromatic heterocycles. The van der Waals surface area contributed by atoms with Crippen LogP contribution in [0.3, 0.4) is 0 Å². The van der Waals surface area contributed by atoms with Crippen LogP contribution in [0.1, 0.15) is 19.3 Å². The van der Waals surface area contributed by atoms with Crippen LogP contribution in [0.25, 0.3) is 0 Å². The number of likely N-dealkylation sites (tertiary alicyclic amines) is 1. The van der Waals surface area contributed by atoms with Gasteiger partial charge in [0.1, 0.15) is 18.5 Å². The van der Waals surface area contributed by atoms with E-state index in [0.29, 0.717) is 22.3 Å². The Bertz CT molecular complexity index is 408. The van der Waals surface area contributed by atoms with Gasteiger partial charge in [-0.3, -0.25) is 0 Å². The Morgan fingerprint density at radius 1 is 1.21 bits per heavy atom. The van der Waals surface area contributed by atoms with Gasteiger partial charge in [-0.25, -0.2) is 0 Å². The Balaban J connectivity index is 1.79. The van der Waals surface area contributed by atoms with E-state index in [9.17, 15) is 5.11 Å². The van der Waals surface area contributed by atoms with Gasteiger partial charge >= 0.3 is 0 Å². The summed E-state index contributed by atoms with van der Waals surface area (Å²) in [6.07, 6.45) is 3.22. The van der Waals surface area contributed by atoms with E-state index >= 15 is 0 Å². The second-order valence-electron chi connectivity index (χ2n) is 4.90. The van der Waals surface area contributed by atoms with Gasteiger partial charge in [-0.1, -0.05) is 29.6 Å². The average Bonchev–Trinajstić information content (AvgIpc) is 2.41. The van der Waals surface area contributed by atoms with Crippen molar-refractivity contribution in [3.8, 4) is 5.75 Å². The van der Waals surface area contributed by atoms with Gasteiger partial charge in [0.25, 0.3) is 0 Å². The fraction of sp³-hybridized carbons (Fsp3) is 0.571. The average molecular weight is 304 g/mol. The molecule has 0 amide bonds. The van der Waals surface area contributed by atoms with Crippen LogP contribution in [0.4, 0.5) is 0 Å². The Morgan fingerprint density at radius 2 is 1.95 bits per heavy atom. The van der Waals surface area contributed by atoms with Gasteiger partial charge in [-0.05, 0) is 38.1 Å². The molecule has 1 N–H and O–H groups in total. The molecule has 1 saturated heterocycles. The van der Waals surface area contributed by atoms with Gasteiger partial charge in [0, 0.05) is 17.6 Å². The van der Waals surface area contributed by atoms with Crippen LogP contribution in [0.15, 0.2) is 18.2 Å². The standard InChI is InChI=1S/C14H19Cl2NO2/c15-11-4-5-13(16)14(8-11)19-10-12(18)9-17-6-2-1-3-7-17/h4-5,8,12,18H,1-3,6-7,9-10H2/t12-/m0/s1. The molecule has 1 aliphatic heterocycles. The van der Waals surface area contributed by atoms with E-state index in [0.717, 1.165) is 13.1 Å². The minimum absolute atomic E-state index is 0.233. The predicted octanol–water partition coefficient (Wildman–Crippen LogP) is 3.22. The van der Waals surface area contributed by atoms with E-state index in [1.54, 1.807) is 18.2 Å². The van der Waals surface area contributed by atoms with E-state index in [1.165, 1.54) is 19.3 Å². The Hall–Kier alpha value is -0.480. The molecule has 0 aliphatic carbocycles. The SMILES string of the molecule is O[C@H](COc1cc(Cl)ccc1Cl)CN1CCCCC1. The van der Waals surface area contributed by atoms with E-state index in [-0.39, 0.29) is 6.61 Å². The number of benzene rings is 1. The van der Waals surface area contributed by atoms with Crippen LogP contribution in [-0.4, -0.2) is 42.4 Å². The van der Waals surface area contributed by atoms with Crippen LogP contribution in [-0.2, 0) is 0 Å². The molecule has 0 bridgehead atoms. The van der Waals surface area contributed by atoms with Crippen LogP contribution in [0.2, 0.25) is 10.0 Å². The first-order valence-electron chi connectivity index (χ1n) is 6.63. The summed E-state index contributed by atoms with van der Waals surface area (Å²) >= 11 is 11.9. The Kier molecular flexibility index (Phi) is 5.76. The molecule has 0 unspecified atom stereocenters. The van der Waals surface area contributed by atoms with Crippen molar-refractivity contribution in [2.24, 2.45) is 0 Å². The van der Waals surface area contributed by atoms with Gasteiger partial charge in [-0.2, -0.15) is 0 Å².